The van der Waals surface area contributed by atoms with Gasteiger partial charge >= 0.3 is 5.97 Å². The number of aliphatic hydroxyl groups excluding tert-OH is 1. The lowest BCUT2D eigenvalue weighted by Gasteiger charge is -2.24. The number of hydrogen-bond acceptors (Lipinski definition) is 8. The maximum atomic E-state index is 12.1. The van der Waals surface area contributed by atoms with Crippen LogP contribution in [-0.4, -0.2) is 42.2 Å². The fraction of sp³-hybridized carbons (Fsp3) is 0.143. The molecular weight excluding hydrogens is 500 g/mol. The van der Waals surface area contributed by atoms with Crippen LogP contribution >= 0.6 is 11.3 Å². The minimum atomic E-state index is -0.891. The summed E-state index contributed by atoms with van der Waals surface area (Å²) < 4.78 is 1.62. The molecule has 9 nitrogen and oxygen atoms in total. The van der Waals surface area contributed by atoms with Crippen LogP contribution in [0.25, 0.3) is 27.4 Å². The Balaban J connectivity index is 1.38. The van der Waals surface area contributed by atoms with Crippen LogP contribution in [0.2, 0.25) is 0 Å². The normalized spacial score (nSPS) is 14.5. The highest BCUT2D eigenvalue weighted by Gasteiger charge is 2.35. The van der Waals surface area contributed by atoms with Crippen LogP contribution in [0.15, 0.2) is 79.0 Å². The zero-order chi connectivity index (χ0) is 26.2. The molecule has 1 aliphatic heterocycles. The van der Waals surface area contributed by atoms with Gasteiger partial charge in [-0.2, -0.15) is 0 Å². The monoisotopic (exact) mass is 524 g/mol. The van der Waals surface area contributed by atoms with Gasteiger partial charge in [0.25, 0.3) is 0 Å². The van der Waals surface area contributed by atoms with Gasteiger partial charge in [0.2, 0.25) is 5.13 Å². The van der Waals surface area contributed by atoms with Gasteiger partial charge in [-0.1, -0.05) is 76.7 Å². The summed E-state index contributed by atoms with van der Waals surface area (Å²) in [4.78, 5) is 17.9. The molecule has 0 aliphatic carbocycles. The standard InChI is InChI=1S/C28H24N6O3S/c1-17-6-8-18(9-7-17)25-26(19-10-12-22(13-11-19)33-15-21(16-35)30-32-33)38-28(29-25)31-34-23-5-3-2-4-20(23)14-24(34)27(36)37/h2-13,15,24,35H,14,16H2,1H3,(H,29,31)(H,36,37). The number of aromatic nitrogens is 4. The molecule has 1 atom stereocenters. The Morgan fingerprint density at radius 3 is 2.50 bits per heavy atom. The Morgan fingerprint density at radius 1 is 1.05 bits per heavy atom. The number of aliphatic carboxylic acids is 1. The third-order valence-corrected chi connectivity index (χ3v) is 7.54. The average molecular weight is 525 g/mol. The lowest BCUT2D eigenvalue weighted by molar-refractivity contribution is -0.138. The quantitative estimate of drug-likeness (QED) is 0.281. The number of benzene rings is 3. The van der Waals surface area contributed by atoms with Gasteiger partial charge in [0.15, 0.2) is 6.04 Å². The van der Waals surface area contributed by atoms with Gasteiger partial charge in [0.1, 0.15) is 5.69 Å². The van der Waals surface area contributed by atoms with Crippen LogP contribution in [0.3, 0.4) is 0 Å². The Bertz CT molecular complexity index is 1610. The van der Waals surface area contributed by atoms with Crippen molar-refractivity contribution in [3.05, 3.63) is 95.8 Å². The van der Waals surface area contributed by atoms with Crippen molar-refractivity contribution in [2.75, 3.05) is 10.4 Å². The van der Waals surface area contributed by atoms with Gasteiger partial charge in [-0.15, -0.1) is 5.10 Å². The number of anilines is 2. The average Bonchev–Trinajstić information content (AvgIpc) is 3.67. The van der Waals surface area contributed by atoms with E-state index in [9.17, 15) is 15.0 Å². The number of aliphatic hydroxyl groups is 1. The molecule has 0 bridgehead atoms. The highest BCUT2D eigenvalue weighted by molar-refractivity contribution is 7.19. The molecule has 1 aliphatic rings. The Morgan fingerprint density at radius 2 is 1.79 bits per heavy atom. The SMILES string of the molecule is Cc1ccc(-c2nc(NN3c4ccccc4CC3C(=O)O)sc2-c2ccc(-n3cc(CO)nn3)cc2)cc1. The second kappa shape index (κ2) is 9.73. The number of rotatable bonds is 7. The van der Waals surface area contributed by atoms with Crippen molar-refractivity contribution in [3.63, 3.8) is 0 Å². The highest BCUT2D eigenvalue weighted by Crippen LogP contribution is 2.41. The third kappa shape index (κ3) is 4.40. The van der Waals surface area contributed by atoms with Crippen molar-refractivity contribution in [2.24, 2.45) is 0 Å². The third-order valence-electron chi connectivity index (χ3n) is 6.53. The summed E-state index contributed by atoms with van der Waals surface area (Å²) >= 11 is 1.47. The van der Waals surface area contributed by atoms with E-state index in [1.54, 1.807) is 15.9 Å². The molecule has 5 aromatic rings. The van der Waals surface area contributed by atoms with E-state index in [0.29, 0.717) is 17.2 Å². The molecule has 10 heteroatoms. The molecular formula is C28H24N6O3S. The lowest BCUT2D eigenvalue weighted by Crippen LogP contribution is -2.42. The predicted molar refractivity (Wildman–Crippen MR) is 146 cm³/mol. The van der Waals surface area contributed by atoms with Crippen LogP contribution in [-0.2, 0) is 17.8 Å². The van der Waals surface area contributed by atoms with Crippen LogP contribution in [0.5, 0.6) is 0 Å². The van der Waals surface area contributed by atoms with E-state index < -0.39 is 12.0 Å². The first-order valence-electron chi connectivity index (χ1n) is 12.1. The smallest absolute Gasteiger partial charge is 0.328 e. The summed E-state index contributed by atoms with van der Waals surface area (Å²) in [5.74, 6) is -0.891. The molecule has 1 unspecified atom stereocenters. The van der Waals surface area contributed by atoms with E-state index in [4.69, 9.17) is 4.98 Å². The number of nitrogens with one attached hydrogen (secondary N) is 1. The number of para-hydroxylation sites is 1. The van der Waals surface area contributed by atoms with Crippen molar-refractivity contribution >= 4 is 28.1 Å². The largest absolute Gasteiger partial charge is 0.480 e. The second-order valence-electron chi connectivity index (χ2n) is 9.09. The molecule has 190 valence electrons. The predicted octanol–water partition coefficient (Wildman–Crippen LogP) is 4.70. The van der Waals surface area contributed by atoms with E-state index in [1.807, 2.05) is 67.6 Å². The van der Waals surface area contributed by atoms with Crippen molar-refractivity contribution in [1.82, 2.24) is 20.0 Å². The molecule has 2 aromatic heterocycles. The number of thiazole rings is 1. The summed E-state index contributed by atoms with van der Waals surface area (Å²) in [6, 6.07) is 23.0. The number of hydrazine groups is 1. The molecule has 3 N–H and O–H groups in total. The fourth-order valence-electron chi connectivity index (χ4n) is 4.56. The number of aryl methyl sites for hydroxylation is 1. The molecule has 0 saturated carbocycles. The van der Waals surface area contributed by atoms with Gasteiger partial charge in [-0.05, 0) is 36.2 Å². The number of hydrogen-bond donors (Lipinski definition) is 3. The number of carbonyl (C=O) groups is 1. The molecule has 0 saturated heterocycles. The summed E-state index contributed by atoms with van der Waals surface area (Å²) in [5.41, 5.74) is 10.3. The van der Waals surface area contributed by atoms with Crippen LogP contribution in [0.4, 0.5) is 10.8 Å². The van der Waals surface area contributed by atoms with Gasteiger partial charge in [0, 0.05) is 12.0 Å². The van der Waals surface area contributed by atoms with Crippen molar-refractivity contribution in [3.8, 4) is 27.4 Å². The maximum absolute atomic E-state index is 12.1. The number of carboxylic acids is 1. The zero-order valence-electron chi connectivity index (χ0n) is 20.4. The van der Waals surface area contributed by atoms with Crippen molar-refractivity contribution in [1.29, 1.82) is 0 Å². The Hall–Kier alpha value is -4.54. The zero-order valence-corrected chi connectivity index (χ0v) is 21.3. The van der Waals surface area contributed by atoms with Gasteiger partial charge in [0.05, 0.1) is 34.7 Å². The van der Waals surface area contributed by atoms with E-state index >= 15 is 0 Å². The number of nitrogens with zero attached hydrogens (tertiary/aromatic N) is 5. The van der Waals surface area contributed by atoms with Crippen LogP contribution in [0.1, 0.15) is 16.8 Å². The number of carboxylic acid groups (broad SMARTS) is 1. The van der Waals surface area contributed by atoms with E-state index in [0.717, 1.165) is 44.2 Å². The number of fused-ring (bicyclic) bond motifs is 1. The van der Waals surface area contributed by atoms with E-state index in [-0.39, 0.29) is 6.61 Å². The summed E-state index contributed by atoms with van der Waals surface area (Å²) in [7, 11) is 0. The van der Waals surface area contributed by atoms with Crippen LogP contribution < -0.4 is 10.4 Å². The van der Waals surface area contributed by atoms with E-state index in [1.165, 1.54) is 11.3 Å². The summed E-state index contributed by atoms with van der Waals surface area (Å²) in [6.07, 6.45) is 2.11. The second-order valence-corrected chi connectivity index (χ2v) is 10.1. The first-order chi connectivity index (χ1) is 18.5. The Labute approximate surface area is 222 Å². The minimum absolute atomic E-state index is 0.168. The fourth-order valence-corrected chi connectivity index (χ4v) is 5.55. The highest BCUT2D eigenvalue weighted by atomic mass is 32.1. The molecule has 6 rings (SSSR count). The first kappa shape index (κ1) is 23.8. The minimum Gasteiger partial charge on any atom is -0.480 e. The molecule has 0 amide bonds. The molecule has 3 heterocycles. The first-order valence-corrected chi connectivity index (χ1v) is 12.9. The van der Waals surface area contributed by atoms with Gasteiger partial charge < -0.3 is 10.2 Å². The van der Waals surface area contributed by atoms with Crippen LogP contribution in [0, 0.1) is 6.92 Å². The Kier molecular flexibility index (Phi) is 6.10. The lowest BCUT2D eigenvalue weighted by atomic mass is 10.1. The summed E-state index contributed by atoms with van der Waals surface area (Å²) in [6.45, 7) is 1.87. The molecule has 0 radical (unpaired) electrons. The van der Waals surface area contributed by atoms with Gasteiger partial charge in [-0.25, -0.2) is 14.5 Å². The van der Waals surface area contributed by atoms with Gasteiger partial charge in [-0.3, -0.25) is 10.4 Å². The topological polar surface area (TPSA) is 116 Å². The summed E-state index contributed by atoms with van der Waals surface area (Å²) in [5, 5.41) is 29.5. The van der Waals surface area contributed by atoms with Crippen molar-refractivity contribution < 1.29 is 15.0 Å². The van der Waals surface area contributed by atoms with E-state index in [2.05, 4.69) is 27.9 Å². The molecule has 3 aromatic carbocycles. The molecule has 38 heavy (non-hydrogen) atoms. The molecule has 0 spiro atoms. The molecule has 0 fully saturated rings. The maximum Gasteiger partial charge on any atom is 0.328 e. The van der Waals surface area contributed by atoms with Crippen molar-refractivity contribution in [2.45, 2.75) is 26.0 Å².